The number of hydrogen-bond acceptors (Lipinski definition) is 7. The highest BCUT2D eigenvalue weighted by atomic mass is 32.2. The SMILES string of the molecule is Cc1nc(C(=O)N2CSC[C@H]2CNC(=O)c2cccc3c2OCCN3)c(-c2ccc(F)cc2)s1. The van der Waals surface area contributed by atoms with E-state index < -0.39 is 0 Å². The average Bonchev–Trinajstić information content (AvgIpc) is 3.49. The maximum Gasteiger partial charge on any atom is 0.275 e. The van der Waals surface area contributed by atoms with Gasteiger partial charge in [-0.2, -0.15) is 0 Å². The Morgan fingerprint density at radius 3 is 2.91 bits per heavy atom. The summed E-state index contributed by atoms with van der Waals surface area (Å²) in [6, 6.07) is 11.4. The Kier molecular flexibility index (Phi) is 6.42. The van der Waals surface area contributed by atoms with E-state index in [2.05, 4.69) is 15.6 Å². The lowest BCUT2D eigenvalue weighted by molar-refractivity contribution is 0.0731. The zero-order chi connectivity index (χ0) is 23.7. The Hall–Kier alpha value is -3.11. The van der Waals surface area contributed by atoms with Gasteiger partial charge in [-0.25, -0.2) is 9.37 Å². The number of rotatable bonds is 5. The van der Waals surface area contributed by atoms with Crippen LogP contribution in [0.5, 0.6) is 5.75 Å². The van der Waals surface area contributed by atoms with Gasteiger partial charge in [0.25, 0.3) is 11.8 Å². The van der Waals surface area contributed by atoms with Crippen LogP contribution in [0.25, 0.3) is 10.4 Å². The van der Waals surface area contributed by atoms with Crippen molar-refractivity contribution in [2.45, 2.75) is 13.0 Å². The summed E-state index contributed by atoms with van der Waals surface area (Å²) in [4.78, 5) is 33.4. The van der Waals surface area contributed by atoms with Crippen LogP contribution >= 0.6 is 23.1 Å². The fourth-order valence-corrected chi connectivity index (χ4v) is 6.15. The number of thioether (sulfide) groups is 1. The smallest absolute Gasteiger partial charge is 0.275 e. The van der Waals surface area contributed by atoms with Gasteiger partial charge in [0.1, 0.15) is 18.1 Å². The van der Waals surface area contributed by atoms with E-state index in [1.807, 2.05) is 19.1 Å². The number of ether oxygens (including phenoxy) is 1. The van der Waals surface area contributed by atoms with Gasteiger partial charge in [-0.1, -0.05) is 18.2 Å². The van der Waals surface area contributed by atoms with Crippen LogP contribution in [-0.4, -0.2) is 59.1 Å². The molecule has 2 N–H and O–H groups in total. The predicted octanol–water partition coefficient (Wildman–Crippen LogP) is 4.01. The van der Waals surface area contributed by atoms with Gasteiger partial charge < -0.3 is 20.3 Å². The monoisotopic (exact) mass is 498 g/mol. The second kappa shape index (κ2) is 9.63. The summed E-state index contributed by atoms with van der Waals surface area (Å²) in [7, 11) is 0. The summed E-state index contributed by atoms with van der Waals surface area (Å²) < 4.78 is 19.1. The lowest BCUT2D eigenvalue weighted by Crippen LogP contribution is -2.44. The highest BCUT2D eigenvalue weighted by molar-refractivity contribution is 7.99. The minimum Gasteiger partial charge on any atom is -0.489 e. The highest BCUT2D eigenvalue weighted by Gasteiger charge is 2.33. The van der Waals surface area contributed by atoms with Crippen LogP contribution in [0.4, 0.5) is 10.1 Å². The summed E-state index contributed by atoms with van der Waals surface area (Å²) in [5.41, 5.74) is 2.40. The molecular formula is C24H23FN4O3S2. The third kappa shape index (κ3) is 4.47. The van der Waals surface area contributed by atoms with Crippen molar-refractivity contribution in [2.75, 3.05) is 36.6 Å². The summed E-state index contributed by atoms with van der Waals surface area (Å²) >= 11 is 3.05. The third-order valence-electron chi connectivity index (χ3n) is 5.71. The molecule has 2 amide bonds. The minimum absolute atomic E-state index is 0.164. The number of fused-ring (bicyclic) bond motifs is 1. The Morgan fingerprint density at radius 1 is 1.26 bits per heavy atom. The minimum atomic E-state index is -0.328. The van der Waals surface area contributed by atoms with E-state index in [0.29, 0.717) is 48.3 Å². The molecule has 2 aliphatic rings. The van der Waals surface area contributed by atoms with Crippen molar-refractivity contribution in [2.24, 2.45) is 0 Å². The fraction of sp³-hybridized carbons (Fsp3) is 0.292. The predicted molar refractivity (Wildman–Crippen MR) is 132 cm³/mol. The van der Waals surface area contributed by atoms with Gasteiger partial charge >= 0.3 is 0 Å². The number of aryl methyl sites for hydroxylation is 1. The van der Waals surface area contributed by atoms with E-state index in [4.69, 9.17) is 4.74 Å². The van der Waals surface area contributed by atoms with Crippen LogP contribution in [-0.2, 0) is 0 Å². The number of para-hydroxylation sites is 1. The number of nitrogens with one attached hydrogen (secondary N) is 2. The fourth-order valence-electron chi connectivity index (χ4n) is 4.04. The molecule has 1 fully saturated rings. The van der Waals surface area contributed by atoms with Crippen molar-refractivity contribution in [3.05, 3.63) is 64.5 Å². The second-order valence-corrected chi connectivity index (χ2v) is 10.2. The van der Waals surface area contributed by atoms with Gasteiger partial charge in [-0.15, -0.1) is 23.1 Å². The number of benzene rings is 2. The summed E-state index contributed by atoms with van der Waals surface area (Å²) in [5, 5.41) is 6.97. The number of halogens is 1. The molecule has 1 atom stereocenters. The largest absolute Gasteiger partial charge is 0.489 e. The van der Waals surface area contributed by atoms with E-state index in [1.165, 1.54) is 23.5 Å². The molecule has 7 nitrogen and oxygen atoms in total. The van der Waals surface area contributed by atoms with E-state index in [9.17, 15) is 14.0 Å². The van der Waals surface area contributed by atoms with Crippen LogP contribution in [0, 0.1) is 12.7 Å². The van der Waals surface area contributed by atoms with E-state index in [0.717, 1.165) is 21.1 Å². The first-order valence-corrected chi connectivity index (χ1v) is 12.9. The van der Waals surface area contributed by atoms with E-state index in [1.54, 1.807) is 34.9 Å². The number of thiazole rings is 1. The number of hydrogen-bond donors (Lipinski definition) is 2. The standard InChI is InChI=1S/C24H23FN4O3S2/c1-14-28-20(22(34-14)15-5-7-16(25)8-6-15)24(31)29-13-33-12-17(29)11-27-23(30)18-3-2-4-19-21(18)32-10-9-26-19/h2-8,17,26H,9-13H2,1H3,(H,27,30)/t17-/m1/s1. The lowest BCUT2D eigenvalue weighted by Gasteiger charge is -2.25. The van der Waals surface area contributed by atoms with Crippen LogP contribution in [0.2, 0.25) is 0 Å². The molecule has 1 aromatic heterocycles. The summed E-state index contributed by atoms with van der Waals surface area (Å²) in [6.45, 7) is 3.37. The molecule has 10 heteroatoms. The van der Waals surface area contributed by atoms with Crippen molar-refractivity contribution in [1.82, 2.24) is 15.2 Å². The molecule has 0 saturated carbocycles. The van der Waals surface area contributed by atoms with Crippen molar-refractivity contribution < 1.29 is 18.7 Å². The number of anilines is 1. The molecule has 176 valence electrons. The summed E-state index contributed by atoms with van der Waals surface area (Å²) in [5.74, 6) is 1.05. The number of nitrogens with zero attached hydrogens (tertiary/aromatic N) is 2. The van der Waals surface area contributed by atoms with Crippen LogP contribution in [0.3, 0.4) is 0 Å². The number of amides is 2. The van der Waals surface area contributed by atoms with Crippen molar-refractivity contribution in [1.29, 1.82) is 0 Å². The third-order valence-corrected chi connectivity index (χ3v) is 7.81. The first kappa shape index (κ1) is 22.7. The normalized spacial score (nSPS) is 17.0. The molecule has 0 radical (unpaired) electrons. The molecule has 0 spiro atoms. The number of carbonyl (C=O) groups is 2. The molecule has 2 aliphatic heterocycles. The van der Waals surface area contributed by atoms with Crippen LogP contribution in [0.15, 0.2) is 42.5 Å². The highest BCUT2D eigenvalue weighted by Crippen LogP contribution is 2.34. The van der Waals surface area contributed by atoms with E-state index >= 15 is 0 Å². The van der Waals surface area contributed by atoms with Gasteiger partial charge in [0.2, 0.25) is 0 Å². The van der Waals surface area contributed by atoms with Gasteiger partial charge in [0.05, 0.1) is 33.1 Å². The number of carbonyl (C=O) groups excluding carboxylic acids is 2. The molecule has 34 heavy (non-hydrogen) atoms. The Morgan fingerprint density at radius 2 is 2.09 bits per heavy atom. The van der Waals surface area contributed by atoms with Crippen LogP contribution in [0.1, 0.15) is 25.9 Å². The average molecular weight is 499 g/mol. The molecule has 1 saturated heterocycles. The molecule has 2 aromatic carbocycles. The molecule has 0 unspecified atom stereocenters. The lowest BCUT2D eigenvalue weighted by atomic mass is 10.1. The molecule has 5 rings (SSSR count). The quantitative estimate of drug-likeness (QED) is 0.553. The Labute approximate surface area is 204 Å². The maximum atomic E-state index is 13.5. The topological polar surface area (TPSA) is 83.6 Å². The van der Waals surface area contributed by atoms with Crippen molar-refractivity contribution in [3.63, 3.8) is 0 Å². The second-order valence-electron chi connectivity index (χ2n) is 8.01. The molecule has 3 heterocycles. The molecular weight excluding hydrogens is 475 g/mol. The molecule has 3 aromatic rings. The van der Waals surface area contributed by atoms with Gasteiger partial charge in [-0.05, 0) is 36.8 Å². The van der Waals surface area contributed by atoms with Gasteiger partial charge in [-0.3, -0.25) is 9.59 Å². The van der Waals surface area contributed by atoms with E-state index in [-0.39, 0.29) is 23.7 Å². The first-order valence-electron chi connectivity index (χ1n) is 10.9. The molecule has 0 aliphatic carbocycles. The van der Waals surface area contributed by atoms with Crippen molar-refractivity contribution >= 4 is 40.6 Å². The molecule has 0 bridgehead atoms. The summed E-state index contributed by atoms with van der Waals surface area (Å²) in [6.07, 6.45) is 0. The Bertz CT molecular complexity index is 1230. The zero-order valence-corrected chi connectivity index (χ0v) is 20.1. The zero-order valence-electron chi connectivity index (χ0n) is 18.5. The van der Waals surface area contributed by atoms with Crippen LogP contribution < -0.4 is 15.4 Å². The maximum absolute atomic E-state index is 13.5. The number of aromatic nitrogens is 1. The first-order chi connectivity index (χ1) is 16.5. The van der Waals surface area contributed by atoms with Crippen molar-refractivity contribution in [3.8, 4) is 16.2 Å². The Balaban J connectivity index is 1.31. The van der Waals surface area contributed by atoms with Gasteiger partial charge in [0.15, 0.2) is 5.75 Å². The van der Waals surface area contributed by atoms with Gasteiger partial charge in [0, 0.05) is 18.8 Å².